The Hall–Kier alpha value is -2.82. The molecule has 23 heavy (non-hydrogen) atoms. The Labute approximate surface area is 135 Å². The maximum Gasteiger partial charge on any atom is 0.213 e. The van der Waals surface area contributed by atoms with Gasteiger partial charge in [0.05, 0.1) is 12.7 Å². The van der Waals surface area contributed by atoms with E-state index in [1.165, 1.54) is 6.21 Å². The lowest BCUT2D eigenvalue weighted by Gasteiger charge is -2.25. The van der Waals surface area contributed by atoms with E-state index in [1.54, 1.807) is 45.2 Å². The van der Waals surface area contributed by atoms with Crippen LogP contribution in [0, 0.1) is 5.21 Å². The summed E-state index contributed by atoms with van der Waals surface area (Å²) in [5.41, 5.74) is 0.577. The minimum atomic E-state index is -1.06. The standard InChI is InChI=1S/C18H20N2O3/c1-18(2,17(19-21)14-9-5-4-6-10-14)20(22)13-15-11-7-8-12-16(15)23-3/h4-13,21H,1-3H3. The molecular weight excluding hydrogens is 292 g/mol. The fourth-order valence-corrected chi connectivity index (χ4v) is 2.29. The average Bonchev–Trinajstić information content (AvgIpc) is 2.56. The van der Waals surface area contributed by atoms with E-state index in [4.69, 9.17) is 4.74 Å². The third-order valence-corrected chi connectivity index (χ3v) is 3.67. The summed E-state index contributed by atoms with van der Waals surface area (Å²) in [6, 6.07) is 16.4. The maximum atomic E-state index is 12.7. The molecule has 5 nitrogen and oxygen atoms in total. The van der Waals surface area contributed by atoms with Gasteiger partial charge in [0.1, 0.15) is 5.75 Å². The molecule has 5 heteroatoms. The fourth-order valence-electron chi connectivity index (χ4n) is 2.29. The lowest BCUT2D eigenvalue weighted by Crippen LogP contribution is -2.42. The SMILES string of the molecule is COc1ccccc1C=[N+]([O-])C(C)(C)C(=NO)c1ccccc1. The van der Waals surface area contributed by atoms with Crippen LogP contribution in [0.1, 0.15) is 25.0 Å². The van der Waals surface area contributed by atoms with Crippen LogP contribution in [-0.4, -0.2) is 34.5 Å². The lowest BCUT2D eigenvalue weighted by molar-refractivity contribution is -0.512. The van der Waals surface area contributed by atoms with E-state index in [9.17, 15) is 10.4 Å². The van der Waals surface area contributed by atoms with Gasteiger partial charge in [-0.3, -0.25) is 0 Å². The van der Waals surface area contributed by atoms with Crippen LogP contribution < -0.4 is 4.74 Å². The zero-order valence-corrected chi connectivity index (χ0v) is 13.4. The molecule has 120 valence electrons. The van der Waals surface area contributed by atoms with Gasteiger partial charge in [0.15, 0.2) is 11.9 Å². The Morgan fingerprint density at radius 1 is 1.13 bits per heavy atom. The highest BCUT2D eigenvalue weighted by Crippen LogP contribution is 2.20. The van der Waals surface area contributed by atoms with Crippen LogP contribution in [0.4, 0.5) is 0 Å². The smallest absolute Gasteiger partial charge is 0.213 e. The summed E-state index contributed by atoms with van der Waals surface area (Å²) >= 11 is 0. The van der Waals surface area contributed by atoms with E-state index in [0.29, 0.717) is 22.6 Å². The molecule has 0 saturated heterocycles. The number of benzene rings is 2. The van der Waals surface area contributed by atoms with Crippen molar-refractivity contribution in [2.24, 2.45) is 5.16 Å². The summed E-state index contributed by atoms with van der Waals surface area (Å²) in [5.74, 6) is 0.603. The normalized spacial score (nSPS) is 13.0. The number of hydroxylamine groups is 1. The number of hydrogen-bond donors (Lipinski definition) is 1. The monoisotopic (exact) mass is 312 g/mol. The number of hydrogen-bond acceptors (Lipinski definition) is 4. The molecule has 0 aliphatic rings. The van der Waals surface area contributed by atoms with Gasteiger partial charge in [-0.15, -0.1) is 0 Å². The number of nitrogens with zero attached hydrogens (tertiary/aromatic N) is 2. The van der Waals surface area contributed by atoms with Crippen molar-refractivity contribution in [2.45, 2.75) is 19.4 Å². The molecule has 1 N–H and O–H groups in total. The van der Waals surface area contributed by atoms with Crippen LogP contribution in [0.5, 0.6) is 5.75 Å². The van der Waals surface area contributed by atoms with Gasteiger partial charge in [-0.2, -0.15) is 0 Å². The molecule has 2 aromatic rings. The van der Waals surface area contributed by atoms with Crippen LogP contribution in [0.15, 0.2) is 59.8 Å². The largest absolute Gasteiger partial charge is 0.623 e. The average molecular weight is 312 g/mol. The van der Waals surface area contributed by atoms with Crippen molar-refractivity contribution >= 4 is 11.9 Å². The number of rotatable bonds is 5. The minimum absolute atomic E-state index is 0.291. The summed E-state index contributed by atoms with van der Waals surface area (Å²) in [4.78, 5) is 0. The van der Waals surface area contributed by atoms with Crippen molar-refractivity contribution in [2.75, 3.05) is 7.11 Å². The van der Waals surface area contributed by atoms with E-state index < -0.39 is 5.54 Å². The second-order valence-corrected chi connectivity index (χ2v) is 5.57. The number of methoxy groups -OCH3 is 1. The first-order valence-electron chi connectivity index (χ1n) is 7.23. The number of oxime groups is 1. The third-order valence-electron chi connectivity index (χ3n) is 3.67. The molecular formula is C18H20N2O3. The molecule has 0 spiro atoms. The Bertz CT molecular complexity index is 722. The Balaban J connectivity index is 2.43. The van der Waals surface area contributed by atoms with Gasteiger partial charge in [-0.25, -0.2) is 4.74 Å². The highest BCUT2D eigenvalue weighted by atomic mass is 16.5. The van der Waals surface area contributed by atoms with E-state index in [-0.39, 0.29) is 0 Å². The molecule has 0 fully saturated rings. The highest BCUT2D eigenvalue weighted by Gasteiger charge is 2.35. The summed E-state index contributed by atoms with van der Waals surface area (Å²) < 4.78 is 6.02. The molecule has 0 atom stereocenters. The summed E-state index contributed by atoms with van der Waals surface area (Å²) in [6.07, 6.45) is 1.44. The molecule has 2 rings (SSSR count). The number of ether oxygens (including phenoxy) is 1. The lowest BCUT2D eigenvalue weighted by atomic mass is 9.92. The van der Waals surface area contributed by atoms with Gasteiger partial charge in [-0.05, 0) is 12.1 Å². The summed E-state index contributed by atoms with van der Waals surface area (Å²) in [7, 11) is 1.55. The van der Waals surface area contributed by atoms with Crippen molar-refractivity contribution < 1.29 is 14.7 Å². The van der Waals surface area contributed by atoms with Crippen LogP contribution in [-0.2, 0) is 0 Å². The van der Waals surface area contributed by atoms with Crippen molar-refractivity contribution in [3.8, 4) is 5.75 Å². The summed E-state index contributed by atoms with van der Waals surface area (Å²) in [5, 5.41) is 25.5. The number of para-hydroxylation sites is 1. The Morgan fingerprint density at radius 2 is 1.74 bits per heavy atom. The Kier molecular flexibility index (Phi) is 5.01. The zero-order chi connectivity index (χ0) is 16.9. The van der Waals surface area contributed by atoms with Crippen molar-refractivity contribution in [1.29, 1.82) is 0 Å². The van der Waals surface area contributed by atoms with E-state index >= 15 is 0 Å². The van der Waals surface area contributed by atoms with Gasteiger partial charge in [0, 0.05) is 19.4 Å². The molecule has 0 bridgehead atoms. The molecule has 2 aromatic carbocycles. The van der Waals surface area contributed by atoms with Crippen LogP contribution >= 0.6 is 0 Å². The quantitative estimate of drug-likeness (QED) is 0.303. The van der Waals surface area contributed by atoms with Gasteiger partial charge in [0.2, 0.25) is 5.54 Å². The van der Waals surface area contributed by atoms with E-state index in [1.807, 2.05) is 30.3 Å². The predicted octanol–water partition coefficient (Wildman–Crippen LogP) is 3.28. The first-order valence-corrected chi connectivity index (χ1v) is 7.23. The second kappa shape index (κ2) is 6.96. The molecule has 0 unspecified atom stereocenters. The van der Waals surface area contributed by atoms with E-state index in [2.05, 4.69) is 5.16 Å². The van der Waals surface area contributed by atoms with Gasteiger partial charge in [0.25, 0.3) is 0 Å². The zero-order valence-electron chi connectivity index (χ0n) is 13.4. The molecule has 0 radical (unpaired) electrons. The molecule has 0 aliphatic carbocycles. The summed E-state index contributed by atoms with van der Waals surface area (Å²) in [6.45, 7) is 3.40. The minimum Gasteiger partial charge on any atom is -0.623 e. The molecule has 0 amide bonds. The van der Waals surface area contributed by atoms with E-state index in [0.717, 1.165) is 4.74 Å². The fraction of sp³-hybridized carbons (Fsp3) is 0.222. The predicted molar refractivity (Wildman–Crippen MR) is 90.6 cm³/mol. The first-order chi connectivity index (χ1) is 11.0. The van der Waals surface area contributed by atoms with Gasteiger partial charge >= 0.3 is 0 Å². The van der Waals surface area contributed by atoms with Crippen LogP contribution in [0.3, 0.4) is 0 Å². The molecule has 0 saturated carbocycles. The Morgan fingerprint density at radius 3 is 2.35 bits per heavy atom. The molecule has 0 aromatic heterocycles. The van der Waals surface area contributed by atoms with Crippen LogP contribution in [0.25, 0.3) is 0 Å². The molecule has 0 aliphatic heterocycles. The third kappa shape index (κ3) is 3.51. The van der Waals surface area contributed by atoms with Gasteiger partial charge < -0.3 is 15.2 Å². The molecule has 0 heterocycles. The maximum absolute atomic E-state index is 12.7. The van der Waals surface area contributed by atoms with Crippen molar-refractivity contribution in [3.63, 3.8) is 0 Å². The first kappa shape index (κ1) is 16.5. The topological polar surface area (TPSA) is 67.9 Å². The van der Waals surface area contributed by atoms with Gasteiger partial charge in [-0.1, -0.05) is 47.6 Å². The second-order valence-electron chi connectivity index (χ2n) is 5.57. The van der Waals surface area contributed by atoms with Crippen LogP contribution in [0.2, 0.25) is 0 Å². The van der Waals surface area contributed by atoms with Crippen molar-refractivity contribution in [3.05, 3.63) is 70.9 Å². The highest BCUT2D eigenvalue weighted by molar-refractivity contribution is 6.06. The van der Waals surface area contributed by atoms with Crippen molar-refractivity contribution in [1.82, 2.24) is 0 Å².